The van der Waals surface area contributed by atoms with Crippen LogP contribution >= 0.6 is 11.6 Å². The van der Waals surface area contributed by atoms with Crippen LogP contribution in [0.5, 0.6) is 0 Å². The maximum Gasteiger partial charge on any atom is 0.254 e. The van der Waals surface area contributed by atoms with Crippen molar-refractivity contribution >= 4 is 17.5 Å². The second-order valence-corrected chi connectivity index (χ2v) is 4.97. The van der Waals surface area contributed by atoms with Crippen LogP contribution in [0.25, 0.3) is 0 Å². The van der Waals surface area contributed by atoms with Crippen LogP contribution in [-0.4, -0.2) is 22.8 Å². The summed E-state index contributed by atoms with van der Waals surface area (Å²) in [5, 5.41) is 0. The van der Waals surface area contributed by atoms with E-state index in [0.29, 0.717) is 11.4 Å². The van der Waals surface area contributed by atoms with Gasteiger partial charge in [0.05, 0.1) is 6.04 Å². The molecule has 0 spiro atoms. The van der Waals surface area contributed by atoms with E-state index >= 15 is 0 Å². The highest BCUT2D eigenvalue weighted by Crippen LogP contribution is 2.20. The molecule has 1 heterocycles. The van der Waals surface area contributed by atoms with Gasteiger partial charge < -0.3 is 4.90 Å². The Kier molecular flexibility index (Phi) is 4.74. The number of aromatic nitrogens is 1. The first-order valence-electron chi connectivity index (χ1n) is 6.45. The van der Waals surface area contributed by atoms with Gasteiger partial charge in [0.2, 0.25) is 0 Å². The minimum Gasteiger partial charge on any atom is -0.335 e. The quantitative estimate of drug-likeness (QED) is 0.805. The molecule has 0 N–H and O–H groups in total. The third kappa shape index (κ3) is 3.17. The zero-order valence-corrected chi connectivity index (χ0v) is 12.3. The summed E-state index contributed by atoms with van der Waals surface area (Å²) in [6.45, 7) is 2.00. The summed E-state index contributed by atoms with van der Waals surface area (Å²) in [4.78, 5) is 18.2. The van der Waals surface area contributed by atoms with Crippen molar-refractivity contribution < 1.29 is 4.79 Å². The average molecular weight is 289 g/mol. The highest BCUT2D eigenvalue weighted by molar-refractivity contribution is 6.17. The molecule has 0 aliphatic heterocycles. The lowest BCUT2D eigenvalue weighted by Crippen LogP contribution is -2.29. The van der Waals surface area contributed by atoms with Gasteiger partial charge in [-0.15, -0.1) is 11.6 Å². The Morgan fingerprint density at radius 1 is 1.30 bits per heavy atom. The third-order valence-electron chi connectivity index (χ3n) is 3.42. The number of hydrogen-bond acceptors (Lipinski definition) is 2. The van der Waals surface area contributed by atoms with Gasteiger partial charge in [0.25, 0.3) is 5.91 Å². The van der Waals surface area contributed by atoms with E-state index in [1.165, 1.54) is 0 Å². The summed E-state index contributed by atoms with van der Waals surface area (Å²) in [6, 6.07) is 11.3. The van der Waals surface area contributed by atoms with Gasteiger partial charge in [0.1, 0.15) is 0 Å². The lowest BCUT2D eigenvalue weighted by Gasteiger charge is -2.25. The molecular formula is C16H17ClN2O. The molecule has 1 aromatic heterocycles. The second-order valence-electron chi connectivity index (χ2n) is 4.71. The van der Waals surface area contributed by atoms with Crippen molar-refractivity contribution in [2.75, 3.05) is 7.05 Å². The molecule has 4 heteroatoms. The lowest BCUT2D eigenvalue weighted by molar-refractivity contribution is 0.0742. The van der Waals surface area contributed by atoms with Crippen molar-refractivity contribution in [1.29, 1.82) is 0 Å². The average Bonchev–Trinajstić information content (AvgIpc) is 2.53. The molecule has 0 saturated heterocycles. The van der Waals surface area contributed by atoms with Crippen molar-refractivity contribution in [2.45, 2.75) is 18.8 Å². The molecular weight excluding hydrogens is 272 g/mol. The Morgan fingerprint density at radius 3 is 2.65 bits per heavy atom. The Labute approximate surface area is 124 Å². The van der Waals surface area contributed by atoms with Crippen LogP contribution in [-0.2, 0) is 5.88 Å². The van der Waals surface area contributed by atoms with Gasteiger partial charge in [-0.25, -0.2) is 0 Å². The van der Waals surface area contributed by atoms with Crippen LogP contribution in [0.4, 0.5) is 0 Å². The van der Waals surface area contributed by atoms with E-state index in [-0.39, 0.29) is 11.9 Å². The van der Waals surface area contributed by atoms with E-state index < -0.39 is 0 Å². The molecule has 20 heavy (non-hydrogen) atoms. The molecule has 104 valence electrons. The second kappa shape index (κ2) is 6.53. The Bertz CT molecular complexity index is 586. The maximum absolute atomic E-state index is 12.5. The van der Waals surface area contributed by atoms with Gasteiger partial charge in [0, 0.05) is 30.9 Å². The fraction of sp³-hybridized carbons (Fsp3) is 0.250. The summed E-state index contributed by atoms with van der Waals surface area (Å²) in [6.07, 6.45) is 3.47. The minimum atomic E-state index is -0.0127. The Morgan fingerprint density at radius 2 is 2.00 bits per heavy atom. The topological polar surface area (TPSA) is 33.2 Å². The smallest absolute Gasteiger partial charge is 0.254 e. The van der Waals surface area contributed by atoms with E-state index in [4.69, 9.17) is 11.6 Å². The van der Waals surface area contributed by atoms with Crippen molar-refractivity contribution in [2.24, 2.45) is 0 Å². The first-order valence-corrected chi connectivity index (χ1v) is 6.99. The van der Waals surface area contributed by atoms with Gasteiger partial charge in [-0.05, 0) is 42.3 Å². The molecule has 0 fully saturated rings. The van der Waals surface area contributed by atoms with E-state index in [1.54, 1.807) is 24.3 Å². The van der Waals surface area contributed by atoms with Crippen LogP contribution in [0.1, 0.15) is 34.5 Å². The van der Waals surface area contributed by atoms with E-state index in [9.17, 15) is 4.79 Å². The van der Waals surface area contributed by atoms with Crippen molar-refractivity contribution in [3.05, 3.63) is 65.5 Å². The number of amides is 1. The molecule has 0 saturated carbocycles. The van der Waals surface area contributed by atoms with Gasteiger partial charge in [-0.2, -0.15) is 0 Å². The summed E-state index contributed by atoms with van der Waals surface area (Å²) in [7, 11) is 1.81. The molecule has 0 radical (unpaired) electrons. The van der Waals surface area contributed by atoms with Crippen molar-refractivity contribution in [3.8, 4) is 0 Å². The number of hydrogen-bond donors (Lipinski definition) is 0. The fourth-order valence-corrected chi connectivity index (χ4v) is 2.20. The number of rotatable bonds is 4. The number of benzene rings is 1. The first-order chi connectivity index (χ1) is 9.63. The van der Waals surface area contributed by atoms with E-state index in [0.717, 1.165) is 11.1 Å². The van der Waals surface area contributed by atoms with Crippen LogP contribution < -0.4 is 0 Å². The van der Waals surface area contributed by atoms with Gasteiger partial charge in [0.15, 0.2) is 0 Å². The molecule has 0 bridgehead atoms. The number of halogens is 1. The molecule has 3 nitrogen and oxygen atoms in total. The number of alkyl halides is 1. The SMILES string of the molecule is CC(c1ccncc1)N(C)C(=O)c1cccc(CCl)c1. The molecule has 2 aromatic rings. The number of carbonyl (C=O) groups is 1. The predicted octanol–water partition coefficient (Wildman–Crippen LogP) is 3.65. The third-order valence-corrected chi connectivity index (χ3v) is 3.73. The van der Waals surface area contributed by atoms with Crippen LogP contribution in [0, 0.1) is 0 Å². The molecule has 1 unspecified atom stereocenters. The standard InChI is InChI=1S/C16H17ClN2O/c1-12(14-6-8-18-9-7-14)19(2)16(20)15-5-3-4-13(10-15)11-17/h3-10,12H,11H2,1-2H3. The number of nitrogens with zero attached hydrogens (tertiary/aromatic N) is 2. The largest absolute Gasteiger partial charge is 0.335 e. The highest BCUT2D eigenvalue weighted by atomic mass is 35.5. The Hall–Kier alpha value is -1.87. The number of carbonyl (C=O) groups excluding carboxylic acids is 1. The molecule has 0 aliphatic carbocycles. The van der Waals surface area contributed by atoms with E-state index in [2.05, 4.69) is 4.98 Å². The molecule has 1 atom stereocenters. The summed E-state index contributed by atoms with van der Waals surface area (Å²) in [5.41, 5.74) is 2.67. The van der Waals surface area contributed by atoms with Crippen LogP contribution in [0.3, 0.4) is 0 Å². The molecule has 0 aliphatic rings. The molecule has 2 rings (SSSR count). The van der Waals surface area contributed by atoms with Gasteiger partial charge in [-0.1, -0.05) is 12.1 Å². The minimum absolute atomic E-state index is 0.00911. The molecule has 1 amide bonds. The van der Waals surface area contributed by atoms with Crippen molar-refractivity contribution in [3.63, 3.8) is 0 Å². The fourth-order valence-electron chi connectivity index (χ4n) is 2.03. The monoisotopic (exact) mass is 288 g/mol. The zero-order chi connectivity index (χ0) is 14.5. The summed E-state index contributed by atoms with van der Waals surface area (Å²) < 4.78 is 0. The van der Waals surface area contributed by atoms with Crippen molar-refractivity contribution in [1.82, 2.24) is 9.88 Å². The first kappa shape index (κ1) is 14.5. The van der Waals surface area contributed by atoms with Gasteiger partial charge in [-0.3, -0.25) is 9.78 Å². The number of pyridine rings is 1. The normalized spacial score (nSPS) is 11.9. The van der Waals surface area contributed by atoms with E-state index in [1.807, 2.05) is 43.3 Å². The van der Waals surface area contributed by atoms with Gasteiger partial charge >= 0.3 is 0 Å². The van der Waals surface area contributed by atoms with Crippen LogP contribution in [0.2, 0.25) is 0 Å². The summed E-state index contributed by atoms with van der Waals surface area (Å²) >= 11 is 5.81. The van der Waals surface area contributed by atoms with Crippen LogP contribution in [0.15, 0.2) is 48.8 Å². The summed E-state index contributed by atoms with van der Waals surface area (Å²) in [5.74, 6) is 0.395. The lowest BCUT2D eigenvalue weighted by atomic mass is 10.1. The zero-order valence-electron chi connectivity index (χ0n) is 11.6. The molecule has 1 aromatic carbocycles. The maximum atomic E-state index is 12.5. The Balaban J connectivity index is 2.19. The highest BCUT2D eigenvalue weighted by Gasteiger charge is 2.18. The predicted molar refractivity (Wildman–Crippen MR) is 80.7 cm³/mol.